The second-order valence-corrected chi connectivity index (χ2v) is 12.6. The molecule has 3 aliphatic heterocycles. The van der Waals surface area contributed by atoms with Gasteiger partial charge in [-0.05, 0) is 31.6 Å². The van der Waals surface area contributed by atoms with Crippen LogP contribution in [0.2, 0.25) is 0 Å². The van der Waals surface area contributed by atoms with E-state index in [1.54, 1.807) is 0 Å². The van der Waals surface area contributed by atoms with Crippen LogP contribution in [0.25, 0.3) is 0 Å². The summed E-state index contributed by atoms with van der Waals surface area (Å²) in [6.45, 7) is -0.564. The number of rotatable bonds is 7. The zero-order chi connectivity index (χ0) is 25.9. The minimum atomic E-state index is -6.06. The van der Waals surface area contributed by atoms with Gasteiger partial charge in [0.1, 0.15) is 18.3 Å². The van der Waals surface area contributed by atoms with Gasteiger partial charge in [-0.25, -0.2) is 9.59 Å². The fourth-order valence-electron chi connectivity index (χ4n) is 7.63. The van der Waals surface area contributed by atoms with E-state index in [0.29, 0.717) is 19.3 Å². The molecule has 7 rings (SSSR count). The van der Waals surface area contributed by atoms with Crippen LogP contribution in [0.15, 0.2) is 0 Å². The van der Waals surface area contributed by atoms with E-state index in [4.69, 9.17) is 28.2 Å². The summed E-state index contributed by atoms with van der Waals surface area (Å²) in [5, 5.41) is 5.89. The molecule has 2 N–H and O–H groups in total. The highest BCUT2D eigenvalue weighted by Crippen LogP contribution is 2.62. The van der Waals surface area contributed by atoms with Gasteiger partial charge in [0, 0.05) is 19.3 Å². The van der Waals surface area contributed by atoms with Crippen molar-refractivity contribution in [1.82, 2.24) is 0 Å². The number of esters is 3. The van der Waals surface area contributed by atoms with Crippen molar-refractivity contribution in [1.29, 1.82) is 0 Å². The van der Waals surface area contributed by atoms with E-state index < -0.39 is 75.1 Å². The minimum absolute atomic E-state index is 0.0525. The fraction of sp³-hybridized carbons (Fsp3) is 0.857. The van der Waals surface area contributed by atoms with Crippen LogP contribution < -0.4 is 0 Å². The number of carbonyl (C=O) groups is 3. The van der Waals surface area contributed by atoms with Gasteiger partial charge >= 0.3 is 33.3 Å². The minimum Gasteiger partial charge on any atom is -0.455 e. The summed E-state index contributed by atoms with van der Waals surface area (Å²) in [4.78, 5) is 36.5. The molecule has 12 nitrogen and oxygen atoms in total. The second kappa shape index (κ2) is 7.34. The molecule has 36 heavy (non-hydrogen) atoms. The normalized spacial score (nSPS) is 46.2. The van der Waals surface area contributed by atoms with E-state index in [-0.39, 0.29) is 43.5 Å². The number of ether oxygens (including phenoxy) is 5. The first-order chi connectivity index (χ1) is 16.6. The number of alkyl halides is 2. The number of aliphatic hydroxyl groups is 1. The maximum absolute atomic E-state index is 13.9. The molecule has 4 aliphatic carbocycles. The molecule has 0 aromatic heterocycles. The molecule has 0 aromatic rings. The van der Waals surface area contributed by atoms with Gasteiger partial charge in [-0.2, -0.15) is 17.2 Å². The predicted molar refractivity (Wildman–Crippen MR) is 107 cm³/mol. The Hall–Kier alpha value is -1.94. The lowest BCUT2D eigenvalue weighted by Gasteiger charge is -2.63. The van der Waals surface area contributed by atoms with Crippen molar-refractivity contribution in [3.05, 3.63) is 0 Å². The largest absolute Gasteiger partial charge is 0.465 e. The Labute approximate surface area is 203 Å². The van der Waals surface area contributed by atoms with Crippen LogP contribution in [0.3, 0.4) is 0 Å². The van der Waals surface area contributed by atoms with Gasteiger partial charge in [0.25, 0.3) is 0 Å². The lowest BCUT2D eigenvalue weighted by atomic mass is 9.50. The van der Waals surface area contributed by atoms with Crippen LogP contribution in [0.1, 0.15) is 44.9 Å². The Morgan fingerprint density at radius 3 is 2.50 bits per heavy atom. The predicted octanol–water partition coefficient (Wildman–Crippen LogP) is -0.142. The number of fused-ring (bicyclic) bond motifs is 1. The Kier molecular flexibility index (Phi) is 4.97. The second-order valence-electron chi connectivity index (χ2n) is 11.1. The number of hydrogen-bond donors (Lipinski definition) is 2. The standard InChI is InChI=1S/C21H24F2O12S/c22-21(23,36(28,29)30)17(26)35-20-4-9-2-18(27,7-20)6-19(3-9,8-20)31-5-12(24)33-14-11-1-10-13(32-11)15(14)34-16(10)25/h9-11,13-15,27H,1-8H2,(H,28,29,30). The zero-order valence-corrected chi connectivity index (χ0v) is 19.6. The van der Waals surface area contributed by atoms with Crippen LogP contribution in [-0.4, -0.2) is 89.1 Å². The highest BCUT2D eigenvalue weighted by Gasteiger charge is 2.68. The molecule has 3 heterocycles. The van der Waals surface area contributed by atoms with E-state index in [0.717, 1.165) is 0 Å². The third-order valence-corrected chi connectivity index (χ3v) is 9.17. The van der Waals surface area contributed by atoms with Gasteiger partial charge in [0.15, 0.2) is 12.2 Å². The Morgan fingerprint density at radius 1 is 1.11 bits per heavy atom. The molecular weight excluding hydrogens is 514 g/mol. The molecule has 15 heteroatoms. The van der Waals surface area contributed by atoms with Crippen molar-refractivity contribution >= 4 is 28.0 Å². The van der Waals surface area contributed by atoms with Gasteiger partial charge < -0.3 is 28.8 Å². The molecule has 0 aromatic carbocycles. The van der Waals surface area contributed by atoms with Crippen LogP contribution in [0.4, 0.5) is 8.78 Å². The first-order valence-electron chi connectivity index (χ1n) is 11.6. The van der Waals surface area contributed by atoms with Crippen molar-refractivity contribution < 1.29 is 64.9 Å². The number of halogens is 2. The number of carbonyl (C=O) groups excluding carboxylic acids is 3. The zero-order valence-electron chi connectivity index (χ0n) is 18.8. The third-order valence-electron chi connectivity index (χ3n) is 8.36. The van der Waals surface area contributed by atoms with E-state index >= 15 is 0 Å². The van der Waals surface area contributed by atoms with Gasteiger partial charge in [-0.1, -0.05) is 0 Å². The smallest absolute Gasteiger partial charge is 0.455 e. The molecule has 4 saturated carbocycles. The summed E-state index contributed by atoms with van der Waals surface area (Å²) in [6.07, 6.45) is -1.55. The van der Waals surface area contributed by atoms with Crippen molar-refractivity contribution in [3.63, 3.8) is 0 Å². The third kappa shape index (κ3) is 3.57. The van der Waals surface area contributed by atoms with Gasteiger partial charge in [-0.3, -0.25) is 9.35 Å². The molecule has 9 unspecified atom stereocenters. The van der Waals surface area contributed by atoms with Crippen molar-refractivity contribution in [2.24, 2.45) is 11.8 Å². The number of hydrogen-bond acceptors (Lipinski definition) is 11. The van der Waals surface area contributed by atoms with Gasteiger partial charge in [-0.15, -0.1) is 0 Å². The monoisotopic (exact) mass is 538 g/mol. The highest BCUT2D eigenvalue weighted by atomic mass is 32.2. The summed E-state index contributed by atoms with van der Waals surface area (Å²) in [5.74, 6) is -4.26. The SMILES string of the molecule is O=C(COC12CC3CC(O)(C1)CC(OC(=O)C(F)(F)S(=O)(=O)O)(C3)C2)OC1C2CC3C(=O)OC1C3O2. The molecule has 200 valence electrons. The molecule has 6 bridgehead atoms. The lowest BCUT2D eigenvalue weighted by Crippen LogP contribution is -2.68. The fourth-order valence-corrected chi connectivity index (χ4v) is 7.88. The molecule has 3 saturated heterocycles. The topological polar surface area (TPSA) is 172 Å². The lowest BCUT2D eigenvalue weighted by molar-refractivity contribution is -0.277. The van der Waals surface area contributed by atoms with Gasteiger partial charge in [0.2, 0.25) is 0 Å². The van der Waals surface area contributed by atoms with Crippen LogP contribution in [0.5, 0.6) is 0 Å². The maximum Gasteiger partial charge on any atom is 0.465 e. The van der Waals surface area contributed by atoms with E-state index in [2.05, 4.69) is 0 Å². The molecule has 9 atom stereocenters. The molecular formula is C21H24F2O12S. The van der Waals surface area contributed by atoms with Crippen molar-refractivity contribution in [2.45, 2.75) is 91.4 Å². The first-order valence-corrected chi connectivity index (χ1v) is 13.1. The van der Waals surface area contributed by atoms with E-state index in [1.807, 2.05) is 0 Å². The van der Waals surface area contributed by atoms with E-state index in [1.165, 1.54) is 0 Å². The quantitative estimate of drug-likeness (QED) is 0.250. The Morgan fingerprint density at radius 2 is 1.81 bits per heavy atom. The maximum atomic E-state index is 13.9. The summed E-state index contributed by atoms with van der Waals surface area (Å²) >= 11 is 0. The Bertz CT molecular complexity index is 1140. The van der Waals surface area contributed by atoms with E-state index in [9.17, 15) is 36.7 Å². The molecule has 0 spiro atoms. The van der Waals surface area contributed by atoms with Crippen molar-refractivity contribution in [3.8, 4) is 0 Å². The summed E-state index contributed by atoms with van der Waals surface area (Å²) in [6, 6.07) is 0. The average molecular weight is 538 g/mol. The van der Waals surface area contributed by atoms with Crippen LogP contribution >= 0.6 is 0 Å². The van der Waals surface area contributed by atoms with Crippen molar-refractivity contribution in [2.75, 3.05) is 6.61 Å². The van der Waals surface area contributed by atoms with Crippen LogP contribution in [-0.2, 0) is 48.2 Å². The molecule has 0 amide bonds. The summed E-state index contributed by atoms with van der Waals surface area (Å²) < 4.78 is 85.8. The summed E-state index contributed by atoms with van der Waals surface area (Å²) in [5.41, 5.74) is -4.31. The van der Waals surface area contributed by atoms with Crippen LogP contribution in [0, 0.1) is 11.8 Å². The first kappa shape index (κ1) is 24.4. The average Bonchev–Trinajstić information content (AvgIpc) is 3.34. The molecule has 0 radical (unpaired) electrons. The van der Waals surface area contributed by atoms with Gasteiger partial charge in [0.05, 0.1) is 23.2 Å². The summed E-state index contributed by atoms with van der Waals surface area (Å²) in [7, 11) is -6.06. The molecule has 7 aliphatic rings. The molecule has 7 fully saturated rings. The Balaban J connectivity index is 1.14. The highest BCUT2D eigenvalue weighted by molar-refractivity contribution is 7.87.